The van der Waals surface area contributed by atoms with Crippen LogP contribution in [0.15, 0.2) is 71.3 Å². The summed E-state index contributed by atoms with van der Waals surface area (Å²) >= 11 is 0. The van der Waals surface area contributed by atoms with Crippen molar-refractivity contribution in [2.45, 2.75) is 6.92 Å². The molecule has 3 aromatic carbocycles. The van der Waals surface area contributed by atoms with Crippen LogP contribution < -0.4 is 0 Å². The highest BCUT2D eigenvalue weighted by Gasteiger charge is 2.08. The van der Waals surface area contributed by atoms with E-state index in [0.717, 1.165) is 11.1 Å². The van der Waals surface area contributed by atoms with Gasteiger partial charge in [0, 0.05) is 10.9 Å². The summed E-state index contributed by atoms with van der Waals surface area (Å²) in [6.07, 6.45) is 1.86. The van der Waals surface area contributed by atoms with Gasteiger partial charge in [-0.1, -0.05) is 48.0 Å². The van der Waals surface area contributed by atoms with Crippen LogP contribution in [0.1, 0.15) is 5.56 Å². The van der Waals surface area contributed by atoms with Crippen molar-refractivity contribution in [1.82, 2.24) is 0 Å². The van der Waals surface area contributed by atoms with Crippen LogP contribution in [0.4, 0.5) is 0 Å². The van der Waals surface area contributed by atoms with E-state index in [1.807, 2.05) is 12.3 Å². The molecule has 0 fully saturated rings. The molecule has 1 heteroatoms. The number of fused-ring (bicyclic) bond motifs is 2. The van der Waals surface area contributed by atoms with Crippen molar-refractivity contribution in [3.8, 4) is 11.1 Å². The molecule has 0 saturated heterocycles. The topological polar surface area (TPSA) is 13.1 Å². The lowest BCUT2D eigenvalue weighted by molar-refractivity contribution is 0.617. The Morgan fingerprint density at radius 2 is 1.65 bits per heavy atom. The Morgan fingerprint density at radius 3 is 2.55 bits per heavy atom. The van der Waals surface area contributed by atoms with Gasteiger partial charge in [0.25, 0.3) is 0 Å². The van der Waals surface area contributed by atoms with Crippen LogP contribution in [0.25, 0.3) is 32.9 Å². The molecule has 4 rings (SSSR count). The lowest BCUT2D eigenvalue weighted by Crippen LogP contribution is -1.78. The molecule has 0 spiro atoms. The summed E-state index contributed by atoms with van der Waals surface area (Å²) < 4.78 is 5.67. The van der Waals surface area contributed by atoms with Crippen molar-refractivity contribution < 1.29 is 4.42 Å². The zero-order valence-electron chi connectivity index (χ0n) is 11.3. The average molecular weight is 258 g/mol. The minimum absolute atomic E-state index is 0.943. The Balaban J connectivity index is 1.98. The Bertz CT molecular complexity index is 915. The third kappa shape index (κ3) is 1.71. The molecular formula is C19H14O. The molecule has 1 aromatic heterocycles. The minimum atomic E-state index is 0.943. The van der Waals surface area contributed by atoms with Crippen LogP contribution in [0.3, 0.4) is 0 Å². The second-order valence-electron chi connectivity index (χ2n) is 5.21. The lowest BCUT2D eigenvalue weighted by atomic mass is 10.00. The van der Waals surface area contributed by atoms with Crippen molar-refractivity contribution in [3.05, 3.63) is 72.5 Å². The second kappa shape index (κ2) is 4.24. The van der Waals surface area contributed by atoms with Crippen LogP contribution >= 0.6 is 0 Å². The van der Waals surface area contributed by atoms with Crippen LogP contribution in [0.5, 0.6) is 0 Å². The van der Waals surface area contributed by atoms with Crippen LogP contribution in [0.2, 0.25) is 0 Å². The van der Waals surface area contributed by atoms with Crippen molar-refractivity contribution in [2.75, 3.05) is 0 Å². The summed E-state index contributed by atoms with van der Waals surface area (Å²) in [7, 11) is 0. The van der Waals surface area contributed by atoms with E-state index in [4.69, 9.17) is 4.42 Å². The number of furan rings is 1. The molecule has 20 heavy (non-hydrogen) atoms. The van der Waals surface area contributed by atoms with Gasteiger partial charge >= 0.3 is 0 Å². The van der Waals surface area contributed by atoms with Gasteiger partial charge in [0.1, 0.15) is 5.58 Å². The Kier molecular flexibility index (Phi) is 2.40. The molecule has 0 bridgehead atoms. The van der Waals surface area contributed by atoms with E-state index in [2.05, 4.69) is 61.5 Å². The van der Waals surface area contributed by atoms with E-state index in [9.17, 15) is 0 Å². The first-order chi connectivity index (χ1) is 9.81. The first-order valence-electron chi connectivity index (χ1n) is 6.78. The van der Waals surface area contributed by atoms with E-state index in [-0.39, 0.29) is 0 Å². The van der Waals surface area contributed by atoms with E-state index in [0.29, 0.717) is 0 Å². The largest absolute Gasteiger partial charge is 0.464 e. The van der Waals surface area contributed by atoms with Gasteiger partial charge in [-0.25, -0.2) is 0 Å². The van der Waals surface area contributed by atoms with Gasteiger partial charge in [0.05, 0.1) is 6.26 Å². The molecule has 4 aromatic rings. The maximum Gasteiger partial charge on any atom is 0.134 e. The maximum atomic E-state index is 5.67. The average Bonchev–Trinajstić information content (AvgIpc) is 2.89. The first kappa shape index (κ1) is 11.3. The van der Waals surface area contributed by atoms with Crippen molar-refractivity contribution in [3.63, 3.8) is 0 Å². The summed E-state index contributed by atoms with van der Waals surface area (Å²) in [5.74, 6) is 0. The number of rotatable bonds is 1. The van der Waals surface area contributed by atoms with Crippen LogP contribution in [-0.4, -0.2) is 0 Å². The molecule has 0 aliphatic carbocycles. The monoisotopic (exact) mass is 258 g/mol. The minimum Gasteiger partial charge on any atom is -0.464 e. The highest BCUT2D eigenvalue weighted by Crippen LogP contribution is 2.32. The Morgan fingerprint density at radius 1 is 0.800 bits per heavy atom. The van der Waals surface area contributed by atoms with Gasteiger partial charge in [0.2, 0.25) is 0 Å². The third-order valence-electron chi connectivity index (χ3n) is 3.79. The molecule has 0 aliphatic heterocycles. The lowest BCUT2D eigenvalue weighted by Gasteiger charge is -2.02. The Hall–Kier alpha value is -2.54. The second-order valence-corrected chi connectivity index (χ2v) is 5.21. The molecule has 1 heterocycles. The normalized spacial score (nSPS) is 11.2. The smallest absolute Gasteiger partial charge is 0.134 e. The summed E-state index contributed by atoms with van der Waals surface area (Å²) in [4.78, 5) is 0. The van der Waals surface area contributed by atoms with E-state index in [1.54, 1.807) is 0 Å². The van der Waals surface area contributed by atoms with Crippen LogP contribution in [0, 0.1) is 6.92 Å². The van der Waals surface area contributed by atoms with Gasteiger partial charge in [-0.05, 0) is 41.5 Å². The SMILES string of the molecule is Cc1ccc2occ(-c3ccc4ccccc4c3)c2c1. The number of benzene rings is 3. The molecule has 0 radical (unpaired) electrons. The predicted octanol–water partition coefficient (Wildman–Crippen LogP) is 5.56. The highest BCUT2D eigenvalue weighted by atomic mass is 16.3. The fourth-order valence-electron chi connectivity index (χ4n) is 2.72. The van der Waals surface area contributed by atoms with E-state index in [1.165, 1.54) is 27.3 Å². The molecule has 96 valence electrons. The van der Waals surface area contributed by atoms with Crippen molar-refractivity contribution >= 4 is 21.7 Å². The molecule has 0 atom stereocenters. The predicted molar refractivity (Wildman–Crippen MR) is 83.9 cm³/mol. The number of hydrogen-bond donors (Lipinski definition) is 0. The summed E-state index contributed by atoms with van der Waals surface area (Å²) in [6.45, 7) is 2.11. The number of hydrogen-bond acceptors (Lipinski definition) is 1. The molecule has 0 saturated carbocycles. The van der Waals surface area contributed by atoms with Crippen molar-refractivity contribution in [2.24, 2.45) is 0 Å². The molecule has 0 aliphatic rings. The van der Waals surface area contributed by atoms with Crippen LogP contribution in [-0.2, 0) is 0 Å². The van der Waals surface area contributed by atoms with E-state index >= 15 is 0 Å². The summed E-state index contributed by atoms with van der Waals surface area (Å²) in [5.41, 5.74) is 4.56. The number of aryl methyl sites for hydroxylation is 1. The summed E-state index contributed by atoms with van der Waals surface area (Å²) in [6, 6.07) is 21.3. The van der Waals surface area contributed by atoms with Crippen molar-refractivity contribution in [1.29, 1.82) is 0 Å². The first-order valence-corrected chi connectivity index (χ1v) is 6.78. The van der Waals surface area contributed by atoms with Gasteiger partial charge in [-0.15, -0.1) is 0 Å². The van der Waals surface area contributed by atoms with E-state index < -0.39 is 0 Å². The third-order valence-corrected chi connectivity index (χ3v) is 3.79. The fraction of sp³-hybridized carbons (Fsp3) is 0.0526. The zero-order chi connectivity index (χ0) is 13.5. The quantitative estimate of drug-likeness (QED) is 0.435. The van der Waals surface area contributed by atoms with Gasteiger partial charge < -0.3 is 4.42 Å². The molecular weight excluding hydrogens is 244 g/mol. The Labute approximate surface area is 117 Å². The fourth-order valence-corrected chi connectivity index (χ4v) is 2.72. The molecule has 0 amide bonds. The molecule has 1 nitrogen and oxygen atoms in total. The summed E-state index contributed by atoms with van der Waals surface area (Å²) in [5, 5.41) is 3.70. The maximum absolute atomic E-state index is 5.67. The highest BCUT2D eigenvalue weighted by molar-refractivity contribution is 5.97. The van der Waals surface area contributed by atoms with Gasteiger partial charge in [0.15, 0.2) is 0 Å². The van der Waals surface area contributed by atoms with Gasteiger partial charge in [-0.3, -0.25) is 0 Å². The zero-order valence-corrected chi connectivity index (χ0v) is 11.3. The standard InChI is InChI=1S/C19H14O/c1-13-6-9-19-17(10-13)18(12-20-19)16-8-7-14-4-2-3-5-15(14)11-16/h2-12H,1H3. The molecule has 0 unspecified atom stereocenters. The van der Waals surface area contributed by atoms with Gasteiger partial charge in [-0.2, -0.15) is 0 Å². The molecule has 0 N–H and O–H groups in total.